The van der Waals surface area contributed by atoms with E-state index < -0.39 is 24.3 Å². The monoisotopic (exact) mass is 382 g/mol. The number of thiazole rings is 1. The van der Waals surface area contributed by atoms with Gasteiger partial charge in [-0.1, -0.05) is 17.7 Å². The summed E-state index contributed by atoms with van der Waals surface area (Å²) >= 11 is 7.39. The molecule has 5 nitrogen and oxygen atoms in total. The molecule has 0 saturated heterocycles. The first-order valence-corrected chi connectivity index (χ1v) is 8.56. The lowest BCUT2D eigenvalue weighted by atomic mass is 10.2. The van der Waals surface area contributed by atoms with Crippen molar-refractivity contribution in [3.8, 4) is 0 Å². The third-order valence-corrected chi connectivity index (χ3v) is 4.39. The van der Waals surface area contributed by atoms with Gasteiger partial charge >= 0.3 is 5.97 Å². The van der Waals surface area contributed by atoms with Gasteiger partial charge in [0, 0.05) is 35.6 Å². The number of hydrogen-bond acceptors (Lipinski definition) is 5. The van der Waals surface area contributed by atoms with E-state index in [0.29, 0.717) is 5.69 Å². The number of aryl methyl sites for hydroxylation is 1. The summed E-state index contributed by atoms with van der Waals surface area (Å²) in [7, 11) is 1.48. The molecule has 1 heterocycles. The summed E-state index contributed by atoms with van der Waals surface area (Å²) in [4.78, 5) is 29.0. The number of likely N-dealkylation sites (N-methyl/N-ethyl adjacent to an activating group) is 1. The fraction of sp³-hybridized carbons (Fsp3) is 0.235. The highest BCUT2D eigenvalue weighted by Crippen LogP contribution is 2.20. The summed E-state index contributed by atoms with van der Waals surface area (Å²) < 4.78 is 18.6. The first kappa shape index (κ1) is 19.1. The first-order chi connectivity index (χ1) is 11.9. The Labute approximate surface area is 153 Å². The van der Waals surface area contributed by atoms with Crippen molar-refractivity contribution >= 4 is 40.9 Å². The maximum absolute atomic E-state index is 13.7. The lowest BCUT2D eigenvalue weighted by Gasteiger charge is -2.18. The molecule has 0 aliphatic rings. The number of nitrogens with zero attached hydrogens (tertiary/aromatic N) is 2. The van der Waals surface area contributed by atoms with Gasteiger partial charge in [-0.3, -0.25) is 4.79 Å². The molecule has 0 N–H and O–H groups in total. The average Bonchev–Trinajstić information content (AvgIpc) is 2.99. The van der Waals surface area contributed by atoms with Crippen LogP contribution >= 0.6 is 22.9 Å². The Bertz CT molecular complexity index is 787. The second-order valence-electron chi connectivity index (χ2n) is 5.18. The van der Waals surface area contributed by atoms with Crippen molar-refractivity contribution < 1.29 is 18.7 Å². The third-order valence-electron chi connectivity index (χ3n) is 3.25. The number of carbonyl (C=O) groups excluding carboxylic acids is 2. The van der Waals surface area contributed by atoms with Gasteiger partial charge in [0.1, 0.15) is 5.82 Å². The molecule has 132 valence electrons. The minimum atomic E-state index is -0.656. The molecule has 1 amide bonds. The minimum Gasteiger partial charge on any atom is -0.452 e. The maximum atomic E-state index is 13.7. The fourth-order valence-corrected chi connectivity index (χ4v) is 2.71. The Hall–Kier alpha value is -2.25. The van der Waals surface area contributed by atoms with E-state index in [4.69, 9.17) is 16.3 Å². The second-order valence-corrected chi connectivity index (χ2v) is 6.65. The molecule has 2 aromatic rings. The number of esters is 1. The summed E-state index contributed by atoms with van der Waals surface area (Å²) in [6.45, 7) is 1.40. The van der Waals surface area contributed by atoms with Crippen molar-refractivity contribution in [3.05, 3.63) is 56.8 Å². The zero-order valence-electron chi connectivity index (χ0n) is 13.7. The Morgan fingerprint density at radius 3 is 2.84 bits per heavy atom. The highest BCUT2D eigenvalue weighted by Gasteiger charge is 2.15. The van der Waals surface area contributed by atoms with E-state index in [-0.39, 0.29) is 17.1 Å². The predicted octanol–water partition coefficient (Wildman–Crippen LogP) is 3.46. The smallest absolute Gasteiger partial charge is 0.331 e. The normalized spacial score (nSPS) is 10.9. The topological polar surface area (TPSA) is 59.5 Å². The van der Waals surface area contributed by atoms with Gasteiger partial charge in [-0.2, -0.15) is 0 Å². The van der Waals surface area contributed by atoms with E-state index in [1.165, 1.54) is 47.6 Å². The van der Waals surface area contributed by atoms with Gasteiger partial charge in [0.05, 0.1) is 10.7 Å². The number of benzene rings is 1. The highest BCUT2D eigenvalue weighted by molar-refractivity contribution is 7.09. The van der Waals surface area contributed by atoms with Gasteiger partial charge in [-0.15, -0.1) is 11.3 Å². The summed E-state index contributed by atoms with van der Waals surface area (Å²) in [6.07, 6.45) is 2.72. The van der Waals surface area contributed by atoms with Crippen LogP contribution in [0.25, 0.3) is 6.08 Å². The molecule has 0 aliphatic heterocycles. The SMILES string of the molecule is Cc1nc(/C=C/C(=O)OCC(=O)N(C)Cc2c(F)cccc2Cl)cs1. The molecule has 1 aromatic carbocycles. The summed E-state index contributed by atoms with van der Waals surface area (Å²) in [6, 6.07) is 4.30. The number of carbonyl (C=O) groups is 2. The standard InChI is InChI=1S/C17H16ClFN2O3S/c1-11-20-12(10-25-11)6-7-17(23)24-9-16(22)21(2)8-13-14(18)4-3-5-15(13)19/h3-7,10H,8-9H2,1-2H3/b7-6+. The molecule has 0 atom stereocenters. The molecule has 0 fully saturated rings. The van der Waals surface area contributed by atoms with Gasteiger partial charge in [0.25, 0.3) is 5.91 Å². The molecule has 1 aromatic heterocycles. The molecule has 0 bridgehead atoms. The number of ether oxygens (including phenoxy) is 1. The highest BCUT2D eigenvalue weighted by atomic mass is 35.5. The van der Waals surface area contributed by atoms with Crippen LogP contribution in [-0.4, -0.2) is 35.4 Å². The zero-order valence-corrected chi connectivity index (χ0v) is 15.2. The van der Waals surface area contributed by atoms with Crippen LogP contribution < -0.4 is 0 Å². The van der Waals surface area contributed by atoms with Gasteiger partial charge in [-0.05, 0) is 25.1 Å². The number of halogens is 2. The molecule has 8 heteroatoms. The summed E-state index contributed by atoms with van der Waals surface area (Å²) in [5.41, 5.74) is 0.863. The molecular weight excluding hydrogens is 367 g/mol. The Balaban J connectivity index is 1.84. The lowest BCUT2D eigenvalue weighted by Crippen LogP contribution is -2.31. The molecular formula is C17H16ClFN2O3S. The van der Waals surface area contributed by atoms with Crippen molar-refractivity contribution in [3.63, 3.8) is 0 Å². The number of aromatic nitrogens is 1. The Morgan fingerprint density at radius 1 is 1.44 bits per heavy atom. The van der Waals surface area contributed by atoms with E-state index >= 15 is 0 Å². The second kappa shape index (κ2) is 8.73. The quantitative estimate of drug-likeness (QED) is 0.567. The molecule has 0 saturated carbocycles. The van der Waals surface area contributed by atoms with E-state index in [1.54, 1.807) is 11.4 Å². The Kier molecular flexibility index (Phi) is 6.66. The third kappa shape index (κ3) is 5.65. The maximum Gasteiger partial charge on any atom is 0.331 e. The van der Waals surface area contributed by atoms with E-state index in [2.05, 4.69) is 4.98 Å². The van der Waals surface area contributed by atoms with E-state index in [0.717, 1.165) is 5.01 Å². The molecule has 2 rings (SSSR count). The lowest BCUT2D eigenvalue weighted by molar-refractivity contribution is -0.147. The van der Waals surface area contributed by atoms with Crippen molar-refractivity contribution in [2.45, 2.75) is 13.5 Å². The van der Waals surface area contributed by atoms with Crippen LogP contribution in [0.5, 0.6) is 0 Å². The van der Waals surface area contributed by atoms with E-state index in [1.807, 2.05) is 6.92 Å². The molecule has 0 spiro atoms. The minimum absolute atomic E-state index is 0.0180. The van der Waals surface area contributed by atoms with Crippen LogP contribution in [0.2, 0.25) is 5.02 Å². The van der Waals surface area contributed by atoms with Crippen LogP contribution in [0.4, 0.5) is 4.39 Å². The van der Waals surface area contributed by atoms with Gasteiger partial charge in [-0.25, -0.2) is 14.2 Å². The van der Waals surface area contributed by atoms with Gasteiger partial charge in [0.2, 0.25) is 0 Å². The van der Waals surface area contributed by atoms with Crippen molar-refractivity contribution in [2.75, 3.05) is 13.7 Å². The number of hydrogen-bond donors (Lipinski definition) is 0. The molecule has 25 heavy (non-hydrogen) atoms. The van der Waals surface area contributed by atoms with Crippen molar-refractivity contribution in [1.82, 2.24) is 9.88 Å². The average molecular weight is 383 g/mol. The van der Waals surface area contributed by atoms with Crippen molar-refractivity contribution in [2.24, 2.45) is 0 Å². The van der Waals surface area contributed by atoms with Crippen LogP contribution in [0.3, 0.4) is 0 Å². The van der Waals surface area contributed by atoms with Crippen LogP contribution in [0, 0.1) is 12.7 Å². The Morgan fingerprint density at radius 2 is 2.20 bits per heavy atom. The summed E-state index contributed by atoms with van der Waals surface area (Å²) in [5.74, 6) is -1.62. The molecule has 0 radical (unpaired) electrons. The molecule has 0 unspecified atom stereocenters. The summed E-state index contributed by atoms with van der Waals surface area (Å²) in [5, 5.41) is 2.92. The van der Waals surface area contributed by atoms with Crippen LogP contribution in [-0.2, 0) is 20.9 Å². The first-order valence-electron chi connectivity index (χ1n) is 7.30. The van der Waals surface area contributed by atoms with Crippen molar-refractivity contribution in [1.29, 1.82) is 0 Å². The van der Waals surface area contributed by atoms with E-state index in [9.17, 15) is 14.0 Å². The zero-order chi connectivity index (χ0) is 18.4. The largest absolute Gasteiger partial charge is 0.452 e. The van der Waals surface area contributed by atoms with Crippen LogP contribution in [0.15, 0.2) is 29.7 Å². The van der Waals surface area contributed by atoms with Gasteiger partial charge < -0.3 is 9.64 Å². The predicted molar refractivity (Wildman–Crippen MR) is 94.7 cm³/mol. The van der Waals surface area contributed by atoms with Crippen LogP contribution in [0.1, 0.15) is 16.3 Å². The van der Waals surface area contributed by atoms with Gasteiger partial charge in [0.15, 0.2) is 6.61 Å². The number of amides is 1. The number of rotatable bonds is 6. The fourth-order valence-electron chi connectivity index (χ4n) is 1.91. The molecule has 0 aliphatic carbocycles.